The van der Waals surface area contributed by atoms with E-state index >= 15 is 0 Å². The van der Waals surface area contributed by atoms with Gasteiger partial charge in [-0.1, -0.05) is 24.3 Å². The molecule has 0 spiro atoms. The highest BCUT2D eigenvalue weighted by Crippen LogP contribution is 2.44. The molecule has 8 bridgehead atoms. The number of ether oxygens (including phenoxy) is 8. The minimum atomic E-state index is -0.507. The number of carbonyl (C=O) groups excluding carboxylic acids is 4. The predicted molar refractivity (Wildman–Crippen MR) is 243 cm³/mol. The van der Waals surface area contributed by atoms with Crippen LogP contribution >= 0.6 is 0 Å². The van der Waals surface area contributed by atoms with Crippen molar-refractivity contribution in [3.05, 3.63) is 113 Å². The molecule has 0 saturated heterocycles. The van der Waals surface area contributed by atoms with E-state index in [0.29, 0.717) is 48.7 Å². The van der Waals surface area contributed by atoms with Crippen LogP contribution in [0.5, 0.6) is 23.0 Å². The van der Waals surface area contributed by atoms with Crippen molar-refractivity contribution >= 4 is 23.9 Å². The Kier molecular flexibility index (Phi) is 16.9. The van der Waals surface area contributed by atoms with Gasteiger partial charge in [0, 0.05) is 47.9 Å². The summed E-state index contributed by atoms with van der Waals surface area (Å²) >= 11 is 0. The number of hydrogen-bond donors (Lipinski definition) is 0. The zero-order chi connectivity index (χ0) is 46.8. The van der Waals surface area contributed by atoms with Crippen molar-refractivity contribution < 1.29 is 57.1 Å². The van der Waals surface area contributed by atoms with E-state index in [-0.39, 0.29) is 52.9 Å². The Morgan fingerprint density at radius 2 is 0.547 bits per heavy atom. The lowest BCUT2D eigenvalue weighted by Crippen LogP contribution is -2.20. The Morgan fingerprint density at radius 3 is 0.719 bits per heavy atom. The highest BCUT2D eigenvalue weighted by atomic mass is 16.6. The molecule has 0 saturated carbocycles. The van der Waals surface area contributed by atoms with Gasteiger partial charge >= 0.3 is 23.9 Å². The highest BCUT2D eigenvalue weighted by molar-refractivity contribution is 5.74. The van der Waals surface area contributed by atoms with Crippen molar-refractivity contribution in [3.8, 4) is 23.0 Å². The zero-order valence-corrected chi connectivity index (χ0v) is 39.7. The largest absolute Gasteiger partial charge is 0.481 e. The molecule has 4 aromatic carbocycles. The van der Waals surface area contributed by atoms with Crippen molar-refractivity contribution in [2.45, 2.75) is 109 Å². The molecule has 12 nitrogen and oxygen atoms in total. The van der Waals surface area contributed by atoms with Crippen LogP contribution in [0.4, 0.5) is 0 Å². The first-order valence-electron chi connectivity index (χ1n) is 22.1. The van der Waals surface area contributed by atoms with Gasteiger partial charge in [0.05, 0.1) is 26.4 Å². The van der Waals surface area contributed by atoms with Gasteiger partial charge in [0.2, 0.25) is 0 Å². The molecule has 0 atom stereocenters. The number of aryl methyl sites for hydroxylation is 4. The van der Waals surface area contributed by atoms with E-state index in [9.17, 15) is 19.2 Å². The molecule has 0 aromatic heterocycles. The van der Waals surface area contributed by atoms with E-state index in [4.69, 9.17) is 37.9 Å². The lowest BCUT2D eigenvalue weighted by atomic mass is 9.84. The normalized spacial score (nSPS) is 11.9. The van der Waals surface area contributed by atoms with Crippen LogP contribution in [0.3, 0.4) is 0 Å². The number of fused-ring (bicyclic) bond motifs is 8. The molecular formula is C52H64O12. The Balaban J connectivity index is 1.93. The van der Waals surface area contributed by atoms with Crippen molar-refractivity contribution in [2.75, 3.05) is 52.9 Å². The second kappa shape index (κ2) is 22.0. The maximum absolute atomic E-state index is 13.0. The van der Waals surface area contributed by atoms with Crippen LogP contribution in [0.15, 0.2) is 24.3 Å². The van der Waals surface area contributed by atoms with Gasteiger partial charge in [-0.15, -0.1) is 0 Å². The molecule has 12 heteroatoms. The summed E-state index contributed by atoms with van der Waals surface area (Å²) in [4.78, 5) is 51.9. The number of esters is 4. The van der Waals surface area contributed by atoms with Crippen LogP contribution in [0.25, 0.3) is 0 Å². The topological polar surface area (TPSA) is 142 Å². The minimum absolute atomic E-state index is 0.199. The van der Waals surface area contributed by atoms with Gasteiger partial charge in [0.15, 0.2) is 26.4 Å². The van der Waals surface area contributed by atoms with Crippen LogP contribution in [0.1, 0.15) is 117 Å². The lowest BCUT2D eigenvalue weighted by Gasteiger charge is -2.27. The summed E-state index contributed by atoms with van der Waals surface area (Å²) in [5.74, 6) is 0.0425. The van der Waals surface area contributed by atoms with Gasteiger partial charge in [-0.25, -0.2) is 19.2 Å². The van der Waals surface area contributed by atoms with Crippen molar-refractivity contribution in [2.24, 2.45) is 0 Å². The molecule has 0 fully saturated rings. The van der Waals surface area contributed by atoms with Crippen LogP contribution in [-0.4, -0.2) is 76.7 Å². The van der Waals surface area contributed by atoms with Crippen LogP contribution in [-0.2, 0) is 63.8 Å². The molecular weight excluding hydrogens is 817 g/mol. The second-order valence-electron chi connectivity index (χ2n) is 16.2. The standard InChI is InChI=1S/C52H64O12/c1-13-57-45(53)25-61-49-37-17-29(5)33(9)41(49)22-38-18-30(6)35(11)43(50(38)62-26-46(54)58-14-2)24-40-20-32(8)36(12)44(52(40)64-28-48(56)60-16-4)23-39-19-31(7)34(10)42(21-37)51(39)63-27-47(55)59-15-3/h17-20H,13-16,21-28H2,1-12H3. The average Bonchev–Trinajstić information content (AvgIpc) is 3.24. The first kappa shape index (κ1) is 49.0. The first-order valence-corrected chi connectivity index (χ1v) is 22.1. The monoisotopic (exact) mass is 880 g/mol. The Bertz CT molecular complexity index is 2080. The zero-order valence-electron chi connectivity index (χ0n) is 39.7. The van der Waals surface area contributed by atoms with E-state index in [2.05, 4.69) is 24.3 Å². The van der Waals surface area contributed by atoms with Crippen molar-refractivity contribution in [3.63, 3.8) is 0 Å². The summed E-state index contributed by atoms with van der Waals surface area (Å²) in [7, 11) is 0. The van der Waals surface area contributed by atoms with Gasteiger partial charge in [-0.3, -0.25) is 0 Å². The number of carbonyl (C=O) groups is 4. The van der Waals surface area contributed by atoms with Crippen molar-refractivity contribution in [1.82, 2.24) is 0 Å². The quantitative estimate of drug-likeness (QED) is 0.0692. The van der Waals surface area contributed by atoms with Gasteiger partial charge in [-0.2, -0.15) is 0 Å². The Labute approximate surface area is 377 Å². The van der Waals surface area contributed by atoms with Crippen molar-refractivity contribution in [1.29, 1.82) is 0 Å². The smallest absolute Gasteiger partial charge is 0.344 e. The SMILES string of the molecule is CCOC(=O)COc1c2cc(C)c(C)c1Cc1cc(C)c(C)c(c1OCC(=O)OCC)Cc1cc(C)c(C)c(c1OCC(=O)OCC)Cc1cc(C)c(C)c(c1OCC(=O)OCC)C2. The third kappa shape index (κ3) is 11.4. The van der Waals surface area contributed by atoms with Gasteiger partial charge < -0.3 is 37.9 Å². The van der Waals surface area contributed by atoms with E-state index in [1.54, 1.807) is 27.7 Å². The second-order valence-corrected chi connectivity index (χ2v) is 16.2. The predicted octanol–water partition coefficient (Wildman–Crippen LogP) is 8.60. The first-order chi connectivity index (χ1) is 30.5. The van der Waals surface area contributed by atoms with E-state index < -0.39 is 23.9 Å². The molecule has 0 radical (unpaired) electrons. The maximum atomic E-state index is 13.0. The van der Waals surface area contributed by atoms with Gasteiger partial charge in [0.1, 0.15) is 23.0 Å². The summed E-state index contributed by atoms with van der Waals surface area (Å²) in [5, 5.41) is 0. The third-order valence-electron chi connectivity index (χ3n) is 12.0. The Morgan fingerprint density at radius 1 is 0.359 bits per heavy atom. The molecule has 0 heterocycles. The molecule has 0 aliphatic heterocycles. The lowest BCUT2D eigenvalue weighted by molar-refractivity contribution is -0.146. The summed E-state index contributed by atoms with van der Waals surface area (Å²) in [6, 6.07) is 8.28. The number of hydrogen-bond acceptors (Lipinski definition) is 12. The summed E-state index contributed by atoms with van der Waals surface area (Å²) in [6.07, 6.45) is 1.22. The molecule has 1 aliphatic carbocycles. The fourth-order valence-electron chi connectivity index (χ4n) is 8.34. The molecule has 64 heavy (non-hydrogen) atoms. The van der Waals surface area contributed by atoms with Crippen LogP contribution < -0.4 is 18.9 Å². The van der Waals surface area contributed by atoms with Crippen LogP contribution in [0, 0.1) is 55.4 Å². The van der Waals surface area contributed by atoms with E-state index in [1.165, 1.54) is 0 Å². The highest BCUT2D eigenvalue weighted by Gasteiger charge is 2.28. The van der Waals surface area contributed by atoms with E-state index in [0.717, 1.165) is 89.0 Å². The molecule has 344 valence electrons. The summed E-state index contributed by atoms with van der Waals surface area (Å²) < 4.78 is 47.5. The third-order valence-corrected chi connectivity index (χ3v) is 12.0. The number of benzene rings is 4. The molecule has 0 amide bonds. The molecule has 0 N–H and O–H groups in total. The molecule has 0 unspecified atom stereocenters. The maximum Gasteiger partial charge on any atom is 0.344 e. The van der Waals surface area contributed by atoms with Gasteiger partial charge in [0.25, 0.3) is 0 Å². The van der Waals surface area contributed by atoms with Gasteiger partial charge in [-0.05, 0) is 150 Å². The minimum Gasteiger partial charge on any atom is -0.481 e. The fourth-order valence-corrected chi connectivity index (χ4v) is 8.34. The van der Waals surface area contributed by atoms with E-state index in [1.807, 2.05) is 55.4 Å². The number of rotatable bonds is 16. The molecule has 1 aliphatic rings. The molecule has 4 aromatic rings. The van der Waals surface area contributed by atoms with Crippen LogP contribution in [0.2, 0.25) is 0 Å². The fraction of sp³-hybridized carbons (Fsp3) is 0.462. The summed E-state index contributed by atoms with van der Waals surface area (Å²) in [6.45, 7) is 22.8. The molecule has 5 rings (SSSR count). The Hall–Kier alpha value is -6.04. The summed E-state index contributed by atoms with van der Waals surface area (Å²) in [5.41, 5.74) is 14.3. The average molecular weight is 881 g/mol.